The zero-order valence-corrected chi connectivity index (χ0v) is 12.1. The Morgan fingerprint density at radius 2 is 1.59 bits per heavy atom. The number of fused-ring (bicyclic) bond motifs is 1. The highest BCUT2D eigenvalue weighted by Gasteiger charge is 2.17. The maximum absolute atomic E-state index is 11.4. The van der Waals surface area contributed by atoms with Crippen LogP contribution >= 0.6 is 0 Å². The molecule has 1 unspecified atom stereocenters. The Bertz CT molecular complexity index is 778. The number of primary amides is 1. The molecule has 0 heterocycles. The third-order valence-corrected chi connectivity index (χ3v) is 3.58. The van der Waals surface area contributed by atoms with Gasteiger partial charge >= 0.3 is 0 Å². The van der Waals surface area contributed by atoms with E-state index in [0.29, 0.717) is 0 Å². The largest absolute Gasteiger partial charge is 0.485 e. The fourth-order valence-corrected chi connectivity index (χ4v) is 2.53. The van der Waals surface area contributed by atoms with Crippen molar-refractivity contribution in [3.63, 3.8) is 0 Å². The Balaban J connectivity index is 1.97. The summed E-state index contributed by atoms with van der Waals surface area (Å²) in [5.74, 6) is 0.377. The molecule has 0 saturated carbocycles. The molecular weight excluding hydrogens is 274 g/mol. The monoisotopic (exact) mass is 291 g/mol. The third kappa shape index (κ3) is 3.09. The molecule has 0 radical (unpaired) electrons. The van der Waals surface area contributed by atoms with E-state index in [1.54, 1.807) is 0 Å². The molecule has 3 nitrogen and oxygen atoms in total. The summed E-state index contributed by atoms with van der Waals surface area (Å²) in [7, 11) is 0. The number of carbonyl (C=O) groups excluding carboxylic acids is 1. The van der Waals surface area contributed by atoms with Gasteiger partial charge in [-0.25, -0.2) is 0 Å². The fourth-order valence-electron chi connectivity index (χ4n) is 2.53. The topological polar surface area (TPSA) is 52.3 Å². The molecular formula is C19H17NO2. The molecule has 3 rings (SSSR count). The lowest BCUT2D eigenvalue weighted by Gasteiger charge is -2.19. The summed E-state index contributed by atoms with van der Waals surface area (Å²) in [4.78, 5) is 11.4. The van der Waals surface area contributed by atoms with Crippen LogP contribution in [0.2, 0.25) is 0 Å². The predicted molar refractivity (Wildman–Crippen MR) is 87.6 cm³/mol. The van der Waals surface area contributed by atoms with Crippen molar-refractivity contribution in [1.82, 2.24) is 0 Å². The first-order valence-electron chi connectivity index (χ1n) is 7.22. The van der Waals surface area contributed by atoms with E-state index in [1.165, 1.54) is 0 Å². The summed E-state index contributed by atoms with van der Waals surface area (Å²) in [5.41, 5.74) is 6.32. The molecule has 2 N–H and O–H groups in total. The number of nitrogens with two attached hydrogens (primary N) is 1. The average Bonchev–Trinajstić information content (AvgIpc) is 2.55. The van der Waals surface area contributed by atoms with E-state index in [2.05, 4.69) is 0 Å². The van der Waals surface area contributed by atoms with Crippen LogP contribution in [0.4, 0.5) is 0 Å². The second-order valence-corrected chi connectivity index (χ2v) is 5.16. The van der Waals surface area contributed by atoms with Gasteiger partial charge in [-0.15, -0.1) is 0 Å². The number of hydrogen-bond donors (Lipinski definition) is 1. The number of carbonyl (C=O) groups is 1. The van der Waals surface area contributed by atoms with Gasteiger partial charge in [-0.2, -0.15) is 0 Å². The minimum atomic E-state index is -0.385. The lowest BCUT2D eigenvalue weighted by molar-refractivity contribution is -0.119. The van der Waals surface area contributed by atoms with E-state index in [4.69, 9.17) is 10.5 Å². The van der Waals surface area contributed by atoms with Crippen molar-refractivity contribution >= 4 is 16.7 Å². The minimum Gasteiger partial charge on any atom is -0.485 e. The SMILES string of the molecule is NC(=O)CC(Oc1cccc2ccccc12)c1ccccc1. The van der Waals surface area contributed by atoms with Gasteiger partial charge in [0.1, 0.15) is 11.9 Å². The van der Waals surface area contributed by atoms with Crippen LogP contribution in [0.15, 0.2) is 72.8 Å². The van der Waals surface area contributed by atoms with Crippen molar-refractivity contribution in [2.45, 2.75) is 12.5 Å². The molecule has 22 heavy (non-hydrogen) atoms. The number of hydrogen-bond acceptors (Lipinski definition) is 2. The molecule has 3 aromatic carbocycles. The van der Waals surface area contributed by atoms with Crippen LogP contribution in [-0.4, -0.2) is 5.91 Å². The van der Waals surface area contributed by atoms with Gasteiger partial charge in [-0.1, -0.05) is 66.7 Å². The molecule has 0 saturated heterocycles. The van der Waals surface area contributed by atoms with Gasteiger partial charge < -0.3 is 10.5 Å². The first-order valence-corrected chi connectivity index (χ1v) is 7.22. The summed E-state index contributed by atoms with van der Waals surface area (Å²) in [6.45, 7) is 0. The standard InChI is InChI=1S/C19H17NO2/c20-19(21)13-18(15-8-2-1-3-9-15)22-17-12-6-10-14-7-4-5-11-16(14)17/h1-12,18H,13H2,(H2,20,21). The van der Waals surface area contributed by atoms with Crippen molar-refractivity contribution in [3.8, 4) is 5.75 Å². The summed E-state index contributed by atoms with van der Waals surface area (Å²) in [6.07, 6.45) is -0.239. The molecule has 0 aliphatic heterocycles. The van der Waals surface area contributed by atoms with Gasteiger partial charge in [-0.05, 0) is 17.0 Å². The number of benzene rings is 3. The van der Waals surface area contributed by atoms with E-state index in [1.807, 2.05) is 72.8 Å². The molecule has 0 aliphatic carbocycles. The van der Waals surface area contributed by atoms with Crippen molar-refractivity contribution in [3.05, 3.63) is 78.4 Å². The molecule has 0 aliphatic rings. The Morgan fingerprint density at radius 3 is 2.36 bits per heavy atom. The molecule has 0 spiro atoms. The van der Waals surface area contributed by atoms with Gasteiger partial charge in [0, 0.05) is 5.39 Å². The second kappa shape index (κ2) is 6.31. The quantitative estimate of drug-likeness (QED) is 0.776. The molecule has 0 bridgehead atoms. The van der Waals surface area contributed by atoms with Crippen molar-refractivity contribution in [1.29, 1.82) is 0 Å². The first kappa shape index (κ1) is 14.1. The average molecular weight is 291 g/mol. The van der Waals surface area contributed by atoms with Gasteiger partial charge in [0.2, 0.25) is 5.91 Å². The number of rotatable bonds is 5. The number of amides is 1. The highest BCUT2D eigenvalue weighted by molar-refractivity contribution is 5.88. The molecule has 1 amide bonds. The Hall–Kier alpha value is -2.81. The van der Waals surface area contributed by atoms with Crippen LogP contribution in [0.3, 0.4) is 0 Å². The molecule has 1 atom stereocenters. The van der Waals surface area contributed by atoms with E-state index >= 15 is 0 Å². The first-order chi connectivity index (χ1) is 10.7. The van der Waals surface area contributed by atoms with Crippen LogP contribution in [-0.2, 0) is 4.79 Å². The molecule has 3 aromatic rings. The van der Waals surface area contributed by atoms with Crippen molar-refractivity contribution < 1.29 is 9.53 Å². The lowest BCUT2D eigenvalue weighted by Crippen LogP contribution is -2.19. The van der Waals surface area contributed by atoms with Crippen LogP contribution in [0.25, 0.3) is 10.8 Å². The van der Waals surface area contributed by atoms with Gasteiger partial charge in [0.05, 0.1) is 6.42 Å². The smallest absolute Gasteiger partial charge is 0.221 e. The minimum absolute atomic E-state index is 0.146. The Labute approximate surface area is 129 Å². The van der Waals surface area contributed by atoms with E-state index in [0.717, 1.165) is 22.1 Å². The third-order valence-electron chi connectivity index (χ3n) is 3.58. The predicted octanol–water partition coefficient (Wildman–Crippen LogP) is 3.84. The zero-order chi connectivity index (χ0) is 15.4. The van der Waals surface area contributed by atoms with Gasteiger partial charge in [-0.3, -0.25) is 4.79 Å². The van der Waals surface area contributed by atoms with Crippen molar-refractivity contribution in [2.24, 2.45) is 5.73 Å². The van der Waals surface area contributed by atoms with E-state index in [9.17, 15) is 4.79 Å². The van der Waals surface area contributed by atoms with Gasteiger partial charge in [0.25, 0.3) is 0 Å². The van der Waals surface area contributed by atoms with Crippen LogP contribution < -0.4 is 10.5 Å². The maximum atomic E-state index is 11.4. The molecule has 0 aromatic heterocycles. The summed E-state index contributed by atoms with van der Waals surface area (Å²) in [6, 6.07) is 23.6. The van der Waals surface area contributed by atoms with Crippen LogP contribution in [0, 0.1) is 0 Å². The summed E-state index contributed by atoms with van der Waals surface area (Å²) < 4.78 is 6.12. The van der Waals surface area contributed by atoms with Gasteiger partial charge in [0.15, 0.2) is 0 Å². The molecule has 0 fully saturated rings. The Kier molecular flexibility index (Phi) is 4.05. The molecule has 110 valence electrons. The number of ether oxygens (including phenoxy) is 1. The fraction of sp³-hybridized carbons (Fsp3) is 0.105. The van der Waals surface area contributed by atoms with Crippen molar-refractivity contribution in [2.75, 3.05) is 0 Å². The maximum Gasteiger partial charge on any atom is 0.221 e. The highest BCUT2D eigenvalue weighted by Crippen LogP contribution is 2.30. The van der Waals surface area contributed by atoms with Crippen LogP contribution in [0.1, 0.15) is 18.1 Å². The van der Waals surface area contributed by atoms with Crippen LogP contribution in [0.5, 0.6) is 5.75 Å². The molecule has 3 heteroatoms. The lowest BCUT2D eigenvalue weighted by atomic mass is 10.1. The second-order valence-electron chi connectivity index (χ2n) is 5.16. The van der Waals surface area contributed by atoms with E-state index < -0.39 is 0 Å². The Morgan fingerprint density at radius 1 is 0.909 bits per heavy atom. The van der Waals surface area contributed by atoms with E-state index in [-0.39, 0.29) is 18.4 Å². The zero-order valence-electron chi connectivity index (χ0n) is 12.1. The highest BCUT2D eigenvalue weighted by atomic mass is 16.5. The summed E-state index contributed by atoms with van der Waals surface area (Å²) >= 11 is 0. The summed E-state index contributed by atoms with van der Waals surface area (Å²) in [5, 5.41) is 2.13. The normalized spacial score (nSPS) is 12.0.